The molecule has 2 aromatic heterocycles. The minimum atomic E-state index is -1.95. The van der Waals surface area contributed by atoms with E-state index in [2.05, 4.69) is 21.9 Å². The summed E-state index contributed by atoms with van der Waals surface area (Å²) in [5.74, 6) is -6.79. The number of allylic oxidation sites excluding steroid dienone is 2. The van der Waals surface area contributed by atoms with Crippen molar-refractivity contribution in [2.75, 3.05) is 36.8 Å². The zero-order valence-corrected chi connectivity index (χ0v) is 24.3. The first-order valence-electron chi connectivity index (χ1n) is 13.4. The van der Waals surface area contributed by atoms with Crippen LogP contribution in [0.25, 0.3) is 28.0 Å². The molecule has 0 radical (unpaired) electrons. The molecule has 0 unspecified atom stereocenters. The summed E-state index contributed by atoms with van der Waals surface area (Å²) in [5.41, 5.74) is 3.71. The van der Waals surface area contributed by atoms with Gasteiger partial charge in [0.15, 0.2) is 28.9 Å². The van der Waals surface area contributed by atoms with Crippen molar-refractivity contribution < 1.29 is 22.4 Å². The fourth-order valence-electron chi connectivity index (χ4n) is 5.40. The highest BCUT2D eigenvalue weighted by Crippen LogP contribution is 2.40. The monoisotopic (exact) mass is 617 g/mol. The molecular weight excluding hydrogens is 590 g/mol. The van der Waals surface area contributed by atoms with Crippen molar-refractivity contribution in [1.29, 1.82) is 0 Å². The van der Waals surface area contributed by atoms with Crippen molar-refractivity contribution in [3.8, 4) is 11.3 Å². The van der Waals surface area contributed by atoms with Crippen molar-refractivity contribution in [3.05, 3.63) is 75.3 Å². The van der Waals surface area contributed by atoms with Crippen molar-refractivity contribution in [2.24, 2.45) is 5.92 Å². The average molecular weight is 618 g/mol. The molecule has 1 atom stereocenters. The standard InChI is InChI=1S/C29H28ClF4N7O2/c1-5-17(42)39-8-10-40(11-9-39)27-15-12-16(31)25(18-20(32)22(34)21(33)19(30)23(18)35)37-28(15)41(29(43)38-27)26-14(4)6-7-36-24(26)13(2)3/h5-7,12-13,24,36H,1,8-11,35H2,2-4H3/t24-/m1/s1. The van der Waals surface area contributed by atoms with Crippen LogP contribution in [-0.4, -0.2) is 57.6 Å². The predicted octanol–water partition coefficient (Wildman–Crippen LogP) is 4.46. The molecule has 1 fully saturated rings. The number of dihydropyridines is 1. The SMILES string of the molecule is C=CC(=O)N1CCN(c2nc(=O)n(C3=C(C)C=CN[C@@H]3C(C)C)c3nc(-c4c(N)c(Cl)c(F)c(F)c4F)c(F)cc23)CC1. The van der Waals surface area contributed by atoms with Gasteiger partial charge in [0, 0.05) is 26.2 Å². The van der Waals surface area contributed by atoms with E-state index in [1.54, 1.807) is 29.0 Å². The molecule has 0 bridgehead atoms. The quantitative estimate of drug-likeness (QED) is 0.143. The third-order valence-electron chi connectivity index (χ3n) is 7.62. The van der Waals surface area contributed by atoms with Crippen LogP contribution in [0.3, 0.4) is 0 Å². The van der Waals surface area contributed by atoms with Crippen LogP contribution >= 0.6 is 11.6 Å². The normalized spacial score (nSPS) is 17.2. The third-order valence-corrected chi connectivity index (χ3v) is 7.99. The summed E-state index contributed by atoms with van der Waals surface area (Å²) in [7, 11) is 0. The van der Waals surface area contributed by atoms with Crippen LogP contribution in [0.1, 0.15) is 20.8 Å². The van der Waals surface area contributed by atoms with Crippen molar-refractivity contribution in [2.45, 2.75) is 26.8 Å². The summed E-state index contributed by atoms with van der Waals surface area (Å²) in [6, 6.07) is 0.597. The molecule has 14 heteroatoms. The Labute approximate surface area is 248 Å². The molecule has 226 valence electrons. The summed E-state index contributed by atoms with van der Waals surface area (Å²) >= 11 is 5.82. The predicted molar refractivity (Wildman–Crippen MR) is 157 cm³/mol. The van der Waals surface area contributed by atoms with Gasteiger partial charge in [0.05, 0.1) is 28.4 Å². The lowest BCUT2D eigenvalue weighted by Crippen LogP contribution is -2.49. The number of halogens is 5. The lowest BCUT2D eigenvalue weighted by Gasteiger charge is -2.36. The second-order valence-corrected chi connectivity index (χ2v) is 11.0. The maximum Gasteiger partial charge on any atom is 0.355 e. The highest BCUT2D eigenvalue weighted by molar-refractivity contribution is 6.34. The molecule has 3 aromatic rings. The van der Waals surface area contributed by atoms with Gasteiger partial charge < -0.3 is 20.9 Å². The van der Waals surface area contributed by atoms with Gasteiger partial charge in [-0.15, -0.1) is 0 Å². The van der Waals surface area contributed by atoms with Crippen LogP contribution in [0.15, 0.2) is 41.4 Å². The van der Waals surface area contributed by atoms with Crippen molar-refractivity contribution in [3.63, 3.8) is 0 Å². The number of nitrogens with two attached hydrogens (primary N) is 1. The largest absolute Gasteiger partial charge is 0.397 e. The highest BCUT2D eigenvalue weighted by Gasteiger charge is 2.32. The number of piperazine rings is 1. The van der Waals surface area contributed by atoms with E-state index in [9.17, 15) is 18.4 Å². The molecule has 9 nitrogen and oxygen atoms in total. The van der Waals surface area contributed by atoms with Gasteiger partial charge in [-0.25, -0.2) is 31.9 Å². The van der Waals surface area contributed by atoms with E-state index >= 15 is 8.78 Å². The Hall–Kier alpha value is -4.39. The molecule has 1 aromatic carbocycles. The van der Waals surface area contributed by atoms with E-state index < -0.39 is 57.0 Å². The molecule has 0 aliphatic carbocycles. The zero-order valence-electron chi connectivity index (χ0n) is 23.5. The van der Waals surface area contributed by atoms with Crippen molar-refractivity contribution in [1.82, 2.24) is 24.8 Å². The molecule has 0 saturated carbocycles. The number of amides is 1. The first-order chi connectivity index (χ1) is 20.4. The van der Waals surface area contributed by atoms with E-state index in [1.165, 1.54) is 10.6 Å². The van der Waals surface area contributed by atoms with Gasteiger partial charge in [0.25, 0.3) is 0 Å². The lowest BCUT2D eigenvalue weighted by atomic mass is 9.95. The number of anilines is 2. The molecule has 1 amide bonds. The Morgan fingerprint density at radius 2 is 1.81 bits per heavy atom. The number of hydrogen-bond acceptors (Lipinski definition) is 7. The maximum atomic E-state index is 15.9. The van der Waals surface area contributed by atoms with E-state index in [0.717, 1.165) is 6.07 Å². The summed E-state index contributed by atoms with van der Waals surface area (Å²) in [4.78, 5) is 37.9. The van der Waals surface area contributed by atoms with Crippen LogP contribution in [0.5, 0.6) is 0 Å². The fourth-order valence-corrected chi connectivity index (χ4v) is 5.57. The van der Waals surface area contributed by atoms with Gasteiger partial charge in [0.2, 0.25) is 5.91 Å². The number of nitrogens with one attached hydrogen (secondary N) is 1. The minimum Gasteiger partial charge on any atom is -0.397 e. The Morgan fingerprint density at radius 3 is 2.44 bits per heavy atom. The van der Waals surface area contributed by atoms with Crippen LogP contribution in [0, 0.1) is 29.2 Å². The van der Waals surface area contributed by atoms with E-state index in [1.807, 2.05) is 13.8 Å². The first-order valence-corrected chi connectivity index (χ1v) is 13.8. The molecule has 2 aliphatic rings. The number of pyridine rings is 1. The summed E-state index contributed by atoms with van der Waals surface area (Å²) in [6.45, 7) is 10.2. The van der Waals surface area contributed by atoms with E-state index in [4.69, 9.17) is 17.3 Å². The number of fused-ring (bicyclic) bond motifs is 1. The van der Waals surface area contributed by atoms with Crippen LogP contribution in [-0.2, 0) is 4.79 Å². The second kappa shape index (κ2) is 11.4. The number of nitrogens with zero attached hydrogens (tertiary/aromatic N) is 5. The molecule has 3 N–H and O–H groups in total. The Kier molecular flexibility index (Phi) is 7.95. The molecule has 5 rings (SSSR count). The van der Waals surface area contributed by atoms with E-state index in [-0.39, 0.29) is 54.9 Å². The van der Waals surface area contributed by atoms with Gasteiger partial charge in [0.1, 0.15) is 16.5 Å². The van der Waals surface area contributed by atoms with Gasteiger partial charge in [-0.2, -0.15) is 4.98 Å². The Morgan fingerprint density at radius 1 is 1.14 bits per heavy atom. The van der Waals surface area contributed by atoms with Crippen molar-refractivity contribution >= 4 is 45.7 Å². The minimum absolute atomic E-state index is 0.0370. The molecule has 4 heterocycles. The number of carbonyl (C=O) groups is 1. The second-order valence-electron chi connectivity index (χ2n) is 10.6. The molecule has 1 saturated heterocycles. The summed E-state index contributed by atoms with van der Waals surface area (Å²) in [6.07, 6.45) is 4.68. The van der Waals surface area contributed by atoms with Crippen LogP contribution in [0.4, 0.5) is 29.1 Å². The first kappa shape index (κ1) is 30.1. The number of carbonyl (C=O) groups excluding carboxylic acids is 1. The van der Waals surface area contributed by atoms with Gasteiger partial charge >= 0.3 is 5.69 Å². The molecule has 2 aliphatic heterocycles. The molecule has 43 heavy (non-hydrogen) atoms. The van der Waals surface area contributed by atoms with Gasteiger partial charge in [-0.1, -0.05) is 32.0 Å². The number of benzene rings is 1. The molecular formula is C29H28ClF4N7O2. The average Bonchev–Trinajstić information content (AvgIpc) is 2.99. The maximum absolute atomic E-state index is 15.9. The van der Waals surface area contributed by atoms with Crippen LogP contribution < -0.4 is 21.6 Å². The number of aromatic nitrogens is 3. The highest BCUT2D eigenvalue weighted by atomic mass is 35.5. The third kappa shape index (κ3) is 5.01. The fraction of sp³-hybridized carbons (Fsp3) is 0.310. The number of hydrogen-bond donors (Lipinski definition) is 2. The van der Waals surface area contributed by atoms with Gasteiger partial charge in [-0.05, 0) is 42.8 Å². The number of nitrogen functional groups attached to an aromatic ring is 1. The van der Waals surface area contributed by atoms with E-state index in [0.29, 0.717) is 11.3 Å². The lowest BCUT2D eigenvalue weighted by molar-refractivity contribution is -0.126. The Bertz CT molecular complexity index is 1770. The zero-order chi connectivity index (χ0) is 31.3. The molecule has 0 spiro atoms. The summed E-state index contributed by atoms with van der Waals surface area (Å²) in [5, 5.41) is 2.37. The van der Waals surface area contributed by atoms with Gasteiger partial charge in [-0.3, -0.25) is 4.79 Å². The summed E-state index contributed by atoms with van der Waals surface area (Å²) < 4.78 is 60.8. The van der Waals surface area contributed by atoms with Crippen LogP contribution in [0.2, 0.25) is 5.02 Å². The number of rotatable bonds is 5. The smallest absolute Gasteiger partial charge is 0.355 e. The topological polar surface area (TPSA) is 109 Å². The Balaban J connectivity index is 1.82.